The number of hydrogen-bond donors (Lipinski definition) is 1. The highest BCUT2D eigenvalue weighted by Crippen LogP contribution is 2.35. The van der Waals surface area contributed by atoms with E-state index in [1.807, 2.05) is 55.6 Å². The van der Waals surface area contributed by atoms with Gasteiger partial charge in [-0.2, -0.15) is 0 Å². The van der Waals surface area contributed by atoms with Crippen LogP contribution in [0.4, 0.5) is 5.69 Å². The van der Waals surface area contributed by atoms with E-state index >= 15 is 0 Å². The minimum Gasteiger partial charge on any atom is -0.362 e. The fourth-order valence-corrected chi connectivity index (χ4v) is 3.25. The van der Waals surface area contributed by atoms with E-state index in [-0.39, 0.29) is 5.91 Å². The van der Waals surface area contributed by atoms with Crippen molar-refractivity contribution in [2.24, 2.45) is 0 Å². The van der Waals surface area contributed by atoms with Crippen LogP contribution in [0.3, 0.4) is 0 Å². The summed E-state index contributed by atoms with van der Waals surface area (Å²) in [4.78, 5) is 17.7. The summed E-state index contributed by atoms with van der Waals surface area (Å²) in [6.45, 7) is 2.01. The Balaban J connectivity index is 1.93. The SMILES string of the molecule is Cc1ccc(N2C(=O)/C(=C\c3ccc[nH]3)SC2=S)cc1. The quantitative estimate of drug-likeness (QED) is 0.678. The van der Waals surface area contributed by atoms with Crippen LogP contribution < -0.4 is 4.90 Å². The minimum atomic E-state index is -0.0709. The second-order valence-corrected chi connectivity index (χ2v) is 6.15. The van der Waals surface area contributed by atoms with Crippen molar-refractivity contribution in [1.29, 1.82) is 0 Å². The molecule has 1 aromatic heterocycles. The Kier molecular flexibility index (Phi) is 3.46. The Hall–Kier alpha value is -1.85. The van der Waals surface area contributed by atoms with E-state index in [2.05, 4.69) is 4.98 Å². The van der Waals surface area contributed by atoms with E-state index < -0.39 is 0 Å². The smallest absolute Gasteiger partial charge is 0.270 e. The lowest BCUT2D eigenvalue weighted by Gasteiger charge is -2.14. The van der Waals surface area contributed by atoms with Gasteiger partial charge < -0.3 is 4.98 Å². The molecule has 1 aliphatic rings. The zero-order chi connectivity index (χ0) is 14.1. The first-order valence-corrected chi connectivity index (χ1v) is 7.35. The Bertz CT molecular complexity index is 687. The van der Waals surface area contributed by atoms with Gasteiger partial charge >= 0.3 is 0 Å². The molecule has 100 valence electrons. The van der Waals surface area contributed by atoms with Crippen molar-refractivity contribution in [1.82, 2.24) is 4.98 Å². The van der Waals surface area contributed by atoms with E-state index in [1.54, 1.807) is 4.90 Å². The number of anilines is 1. The van der Waals surface area contributed by atoms with Crippen molar-refractivity contribution in [3.63, 3.8) is 0 Å². The molecule has 1 saturated heterocycles. The molecule has 20 heavy (non-hydrogen) atoms. The molecule has 0 unspecified atom stereocenters. The molecule has 0 spiro atoms. The minimum absolute atomic E-state index is 0.0709. The molecule has 2 aromatic rings. The van der Waals surface area contributed by atoms with Crippen LogP contribution >= 0.6 is 24.0 Å². The van der Waals surface area contributed by atoms with Gasteiger partial charge in [-0.05, 0) is 37.3 Å². The first-order valence-electron chi connectivity index (χ1n) is 6.13. The molecular weight excluding hydrogens is 288 g/mol. The molecule has 0 radical (unpaired) electrons. The van der Waals surface area contributed by atoms with Crippen molar-refractivity contribution in [2.45, 2.75) is 6.92 Å². The number of thiocarbonyl (C=S) groups is 1. The number of rotatable bonds is 2. The first kappa shape index (κ1) is 13.1. The topological polar surface area (TPSA) is 36.1 Å². The third-order valence-corrected chi connectivity index (χ3v) is 4.30. The van der Waals surface area contributed by atoms with Gasteiger partial charge in [0.05, 0.1) is 10.6 Å². The standard InChI is InChI=1S/C15H12N2OS2/c1-10-4-6-12(7-5-10)17-14(18)13(20-15(17)19)9-11-3-2-8-16-11/h2-9,16H,1H3/b13-9+. The number of hydrogen-bond acceptors (Lipinski definition) is 3. The predicted octanol–water partition coefficient (Wildman–Crippen LogP) is 3.73. The van der Waals surface area contributed by atoms with Crippen LogP contribution in [0.2, 0.25) is 0 Å². The fraction of sp³-hybridized carbons (Fsp3) is 0.0667. The number of carbonyl (C=O) groups excluding carboxylic acids is 1. The lowest BCUT2D eigenvalue weighted by molar-refractivity contribution is -0.113. The zero-order valence-electron chi connectivity index (χ0n) is 10.8. The van der Waals surface area contributed by atoms with Crippen molar-refractivity contribution in [3.8, 4) is 0 Å². The number of thioether (sulfide) groups is 1. The Morgan fingerprint density at radius 2 is 2.00 bits per heavy atom. The van der Waals surface area contributed by atoms with Gasteiger partial charge in [-0.25, -0.2) is 0 Å². The van der Waals surface area contributed by atoms with Crippen LogP contribution in [0, 0.1) is 6.92 Å². The van der Waals surface area contributed by atoms with Crippen molar-refractivity contribution in [3.05, 3.63) is 58.8 Å². The van der Waals surface area contributed by atoms with Gasteiger partial charge in [-0.3, -0.25) is 9.69 Å². The zero-order valence-corrected chi connectivity index (χ0v) is 12.4. The summed E-state index contributed by atoms with van der Waals surface area (Å²) in [7, 11) is 0. The molecule has 3 nitrogen and oxygen atoms in total. The highest BCUT2D eigenvalue weighted by atomic mass is 32.2. The Labute approximate surface area is 126 Å². The molecule has 5 heteroatoms. The number of amides is 1. The Morgan fingerprint density at radius 1 is 1.25 bits per heavy atom. The molecule has 3 rings (SSSR count). The molecule has 0 bridgehead atoms. The summed E-state index contributed by atoms with van der Waals surface area (Å²) >= 11 is 6.65. The molecule has 1 fully saturated rings. The lowest BCUT2D eigenvalue weighted by Crippen LogP contribution is -2.27. The van der Waals surface area contributed by atoms with Gasteiger partial charge in [0.1, 0.15) is 0 Å². The molecule has 1 N–H and O–H groups in total. The van der Waals surface area contributed by atoms with Crippen LogP contribution in [-0.2, 0) is 4.79 Å². The van der Waals surface area contributed by atoms with Crippen LogP contribution in [0.25, 0.3) is 6.08 Å². The number of carbonyl (C=O) groups is 1. The van der Waals surface area contributed by atoms with Crippen molar-refractivity contribution >= 4 is 46.0 Å². The molecule has 0 aliphatic carbocycles. The van der Waals surface area contributed by atoms with Crippen LogP contribution in [0.1, 0.15) is 11.3 Å². The summed E-state index contributed by atoms with van der Waals surface area (Å²) in [6.07, 6.45) is 3.65. The first-order chi connectivity index (χ1) is 9.65. The van der Waals surface area contributed by atoms with E-state index in [4.69, 9.17) is 12.2 Å². The number of nitrogens with zero attached hydrogens (tertiary/aromatic N) is 1. The number of benzene rings is 1. The monoisotopic (exact) mass is 300 g/mol. The van der Waals surface area contributed by atoms with E-state index in [1.165, 1.54) is 11.8 Å². The number of aryl methyl sites for hydroxylation is 1. The van der Waals surface area contributed by atoms with E-state index in [9.17, 15) is 4.79 Å². The van der Waals surface area contributed by atoms with Gasteiger partial charge in [0.25, 0.3) is 5.91 Å². The van der Waals surface area contributed by atoms with Gasteiger partial charge in [0.15, 0.2) is 4.32 Å². The van der Waals surface area contributed by atoms with Gasteiger partial charge in [-0.15, -0.1) is 0 Å². The average Bonchev–Trinajstić information content (AvgIpc) is 3.02. The molecule has 0 saturated carbocycles. The molecule has 1 aromatic carbocycles. The van der Waals surface area contributed by atoms with Crippen molar-refractivity contribution < 1.29 is 4.79 Å². The van der Waals surface area contributed by atoms with Crippen LogP contribution in [0.15, 0.2) is 47.5 Å². The maximum absolute atomic E-state index is 12.5. The van der Waals surface area contributed by atoms with E-state index in [0.29, 0.717) is 9.23 Å². The molecule has 2 heterocycles. The maximum atomic E-state index is 12.5. The third kappa shape index (κ3) is 2.42. The third-order valence-electron chi connectivity index (χ3n) is 2.99. The maximum Gasteiger partial charge on any atom is 0.270 e. The number of aromatic nitrogens is 1. The highest BCUT2D eigenvalue weighted by molar-refractivity contribution is 8.27. The van der Waals surface area contributed by atoms with Gasteiger partial charge in [0, 0.05) is 11.9 Å². The van der Waals surface area contributed by atoms with Crippen LogP contribution in [0.5, 0.6) is 0 Å². The average molecular weight is 300 g/mol. The summed E-state index contributed by atoms with van der Waals surface area (Å²) in [5, 5.41) is 0. The number of H-pyrrole nitrogens is 1. The Morgan fingerprint density at radius 3 is 2.65 bits per heavy atom. The molecule has 1 amide bonds. The largest absolute Gasteiger partial charge is 0.362 e. The molecular formula is C15H12N2OS2. The lowest BCUT2D eigenvalue weighted by atomic mass is 10.2. The van der Waals surface area contributed by atoms with Gasteiger partial charge in [-0.1, -0.05) is 41.7 Å². The fourth-order valence-electron chi connectivity index (χ4n) is 1.96. The van der Waals surface area contributed by atoms with E-state index in [0.717, 1.165) is 16.9 Å². The summed E-state index contributed by atoms with van der Waals surface area (Å²) in [5.74, 6) is -0.0709. The summed E-state index contributed by atoms with van der Waals surface area (Å²) in [5.41, 5.74) is 2.86. The van der Waals surface area contributed by atoms with Crippen molar-refractivity contribution in [2.75, 3.05) is 4.90 Å². The summed E-state index contributed by atoms with van der Waals surface area (Å²) in [6, 6.07) is 11.6. The molecule has 1 aliphatic heterocycles. The number of aromatic amines is 1. The number of nitrogens with one attached hydrogen (secondary N) is 1. The second kappa shape index (κ2) is 5.26. The molecule has 0 atom stereocenters. The normalized spacial score (nSPS) is 17.2. The van der Waals surface area contributed by atoms with Crippen LogP contribution in [-0.4, -0.2) is 15.2 Å². The highest BCUT2D eigenvalue weighted by Gasteiger charge is 2.33. The summed E-state index contributed by atoms with van der Waals surface area (Å²) < 4.78 is 0.566. The second-order valence-electron chi connectivity index (χ2n) is 4.48. The predicted molar refractivity (Wildman–Crippen MR) is 87.6 cm³/mol. The van der Waals surface area contributed by atoms with Gasteiger partial charge in [0.2, 0.25) is 0 Å².